The molecule has 2 aromatic heterocycles. The minimum Gasteiger partial charge on any atom is -0.338 e. The van der Waals surface area contributed by atoms with Crippen LogP contribution in [0.1, 0.15) is 40.5 Å². The lowest BCUT2D eigenvalue weighted by atomic mass is 9.96. The second kappa shape index (κ2) is 6.68. The molecule has 1 saturated heterocycles. The van der Waals surface area contributed by atoms with Gasteiger partial charge in [-0.1, -0.05) is 12.1 Å². The van der Waals surface area contributed by atoms with E-state index in [1.54, 1.807) is 4.90 Å². The molecule has 1 aliphatic heterocycles. The average Bonchev–Trinajstić information content (AvgIpc) is 3.11. The van der Waals surface area contributed by atoms with Crippen molar-refractivity contribution in [1.82, 2.24) is 19.5 Å². The zero-order valence-corrected chi connectivity index (χ0v) is 14.4. The van der Waals surface area contributed by atoms with Crippen LogP contribution in [0.15, 0.2) is 48.7 Å². The van der Waals surface area contributed by atoms with Gasteiger partial charge in [-0.25, -0.2) is 0 Å². The number of hydrogen-bond donors (Lipinski definition) is 0. The summed E-state index contributed by atoms with van der Waals surface area (Å²) in [6.07, 6.45) is -0.988. The topological polar surface area (TPSA) is 50.5 Å². The Morgan fingerprint density at radius 1 is 1.11 bits per heavy atom. The summed E-state index contributed by atoms with van der Waals surface area (Å²) in [6, 6.07) is 10.2. The van der Waals surface area contributed by atoms with Gasteiger partial charge in [-0.05, 0) is 43.2 Å². The fourth-order valence-corrected chi connectivity index (χ4v) is 3.52. The van der Waals surface area contributed by atoms with Crippen LogP contribution in [-0.4, -0.2) is 38.5 Å². The van der Waals surface area contributed by atoms with Crippen LogP contribution in [0.3, 0.4) is 0 Å². The number of aromatic nitrogens is 3. The number of benzene rings is 1. The summed E-state index contributed by atoms with van der Waals surface area (Å²) in [7, 11) is 0. The first-order valence-corrected chi connectivity index (χ1v) is 8.69. The molecule has 1 atom stereocenters. The minimum atomic E-state index is -4.47. The van der Waals surface area contributed by atoms with Gasteiger partial charge in [0, 0.05) is 30.8 Å². The lowest BCUT2D eigenvalue weighted by molar-refractivity contribution is -0.137. The number of rotatable bonds is 2. The van der Waals surface area contributed by atoms with Gasteiger partial charge < -0.3 is 4.90 Å². The fraction of sp³-hybridized carbons (Fsp3) is 0.316. The molecule has 3 heterocycles. The number of alkyl halides is 3. The Labute approximate surface area is 153 Å². The summed E-state index contributed by atoms with van der Waals surface area (Å²) < 4.78 is 40.7. The maximum atomic E-state index is 12.9. The first-order valence-electron chi connectivity index (χ1n) is 8.69. The van der Waals surface area contributed by atoms with E-state index < -0.39 is 11.7 Å². The third-order valence-corrected chi connectivity index (χ3v) is 4.85. The number of pyridine rings is 1. The second-order valence-electron chi connectivity index (χ2n) is 6.66. The lowest BCUT2D eigenvalue weighted by Crippen LogP contribution is -2.39. The van der Waals surface area contributed by atoms with Gasteiger partial charge in [-0.3, -0.25) is 9.20 Å². The molecule has 1 fully saturated rings. The number of amides is 1. The van der Waals surface area contributed by atoms with Gasteiger partial charge in [0.25, 0.3) is 5.91 Å². The number of hydrogen-bond acceptors (Lipinski definition) is 3. The van der Waals surface area contributed by atoms with Crippen molar-refractivity contribution in [3.05, 3.63) is 65.6 Å². The van der Waals surface area contributed by atoms with Gasteiger partial charge in [-0.2, -0.15) is 13.2 Å². The van der Waals surface area contributed by atoms with Crippen LogP contribution < -0.4 is 0 Å². The summed E-state index contributed by atoms with van der Waals surface area (Å²) in [5, 5.41) is 8.40. The quantitative estimate of drug-likeness (QED) is 0.686. The highest BCUT2D eigenvalue weighted by Crippen LogP contribution is 2.31. The molecule has 0 unspecified atom stereocenters. The van der Waals surface area contributed by atoms with Crippen molar-refractivity contribution in [2.75, 3.05) is 13.1 Å². The largest absolute Gasteiger partial charge is 0.416 e. The third-order valence-electron chi connectivity index (χ3n) is 4.85. The molecule has 1 amide bonds. The molecule has 3 aromatic rings. The van der Waals surface area contributed by atoms with Crippen LogP contribution in [0.25, 0.3) is 5.65 Å². The zero-order chi connectivity index (χ0) is 19.0. The summed E-state index contributed by atoms with van der Waals surface area (Å²) in [4.78, 5) is 14.4. The Morgan fingerprint density at radius 2 is 1.96 bits per heavy atom. The van der Waals surface area contributed by atoms with Gasteiger partial charge in [0.05, 0.1) is 5.56 Å². The van der Waals surface area contributed by atoms with Gasteiger partial charge in [0.2, 0.25) is 0 Å². The van der Waals surface area contributed by atoms with E-state index in [1.807, 2.05) is 28.8 Å². The van der Waals surface area contributed by atoms with Crippen LogP contribution in [0.2, 0.25) is 0 Å². The van der Waals surface area contributed by atoms with E-state index in [-0.39, 0.29) is 17.4 Å². The Balaban J connectivity index is 1.57. The smallest absolute Gasteiger partial charge is 0.338 e. The Bertz CT molecular complexity index is 982. The number of likely N-dealkylation sites (tertiary alicyclic amines) is 1. The van der Waals surface area contributed by atoms with Crippen LogP contribution in [0.5, 0.6) is 0 Å². The predicted molar refractivity (Wildman–Crippen MR) is 92.3 cm³/mol. The monoisotopic (exact) mass is 374 g/mol. The van der Waals surface area contributed by atoms with Crippen LogP contribution in [0, 0.1) is 0 Å². The van der Waals surface area contributed by atoms with E-state index in [2.05, 4.69) is 10.2 Å². The van der Waals surface area contributed by atoms with Gasteiger partial charge >= 0.3 is 6.18 Å². The molecule has 0 radical (unpaired) electrons. The maximum Gasteiger partial charge on any atom is 0.416 e. The van der Waals surface area contributed by atoms with E-state index in [0.29, 0.717) is 13.1 Å². The van der Waals surface area contributed by atoms with Crippen molar-refractivity contribution in [3.8, 4) is 0 Å². The van der Waals surface area contributed by atoms with Gasteiger partial charge in [0.1, 0.15) is 5.82 Å². The number of carbonyl (C=O) groups is 1. The highest BCUT2D eigenvalue weighted by Gasteiger charge is 2.32. The van der Waals surface area contributed by atoms with Crippen molar-refractivity contribution < 1.29 is 18.0 Å². The summed E-state index contributed by atoms with van der Waals surface area (Å²) in [5.41, 5.74) is -0.0317. The standard InChI is InChI=1S/C19H17F3N4O/c20-19(21,22)15-7-3-5-13(11-15)18(27)25-9-4-6-14(12-25)17-24-23-16-8-1-2-10-26(16)17/h1-3,5,7-8,10-11,14H,4,6,9,12H2/t14-/m1/s1. The Morgan fingerprint density at radius 3 is 2.78 bits per heavy atom. The van der Waals surface area contributed by atoms with Gasteiger partial charge in [-0.15, -0.1) is 10.2 Å². The number of nitrogens with zero attached hydrogens (tertiary/aromatic N) is 4. The first kappa shape index (κ1) is 17.5. The fourth-order valence-electron chi connectivity index (χ4n) is 3.52. The molecule has 0 aliphatic carbocycles. The molecule has 5 nitrogen and oxygen atoms in total. The molecule has 8 heteroatoms. The molecule has 27 heavy (non-hydrogen) atoms. The van der Waals surface area contributed by atoms with Crippen molar-refractivity contribution in [3.63, 3.8) is 0 Å². The predicted octanol–water partition coefficient (Wildman–Crippen LogP) is 3.77. The normalized spacial score (nSPS) is 18.0. The van der Waals surface area contributed by atoms with Crippen LogP contribution >= 0.6 is 0 Å². The molecule has 0 spiro atoms. The molecule has 1 aromatic carbocycles. The van der Waals surface area contributed by atoms with Gasteiger partial charge in [0.15, 0.2) is 5.65 Å². The second-order valence-corrected chi connectivity index (χ2v) is 6.66. The molecule has 140 valence electrons. The number of carbonyl (C=O) groups excluding carboxylic acids is 1. The third kappa shape index (κ3) is 3.39. The lowest BCUT2D eigenvalue weighted by Gasteiger charge is -2.32. The van der Waals surface area contributed by atoms with Crippen molar-refractivity contribution in [1.29, 1.82) is 0 Å². The van der Waals surface area contributed by atoms with E-state index >= 15 is 0 Å². The zero-order valence-electron chi connectivity index (χ0n) is 14.4. The highest BCUT2D eigenvalue weighted by atomic mass is 19.4. The number of halogens is 3. The van der Waals surface area contributed by atoms with E-state index in [1.165, 1.54) is 12.1 Å². The number of fused-ring (bicyclic) bond motifs is 1. The van der Waals surface area contributed by atoms with Crippen LogP contribution in [-0.2, 0) is 6.18 Å². The first-order chi connectivity index (χ1) is 12.9. The molecule has 0 bridgehead atoms. The molecule has 0 saturated carbocycles. The summed E-state index contributed by atoms with van der Waals surface area (Å²) >= 11 is 0. The van der Waals surface area contributed by atoms with E-state index in [9.17, 15) is 18.0 Å². The molecule has 0 N–H and O–H groups in total. The summed E-state index contributed by atoms with van der Waals surface area (Å²) in [6.45, 7) is 0.924. The van der Waals surface area contributed by atoms with Crippen molar-refractivity contribution in [2.45, 2.75) is 24.9 Å². The summed E-state index contributed by atoms with van der Waals surface area (Å²) in [5.74, 6) is 0.373. The number of piperidine rings is 1. The van der Waals surface area contributed by atoms with E-state index in [0.717, 1.165) is 36.4 Å². The Hall–Kier alpha value is -2.90. The highest BCUT2D eigenvalue weighted by molar-refractivity contribution is 5.94. The minimum absolute atomic E-state index is 0.00843. The molecular formula is C19H17F3N4O. The van der Waals surface area contributed by atoms with Crippen molar-refractivity contribution in [2.24, 2.45) is 0 Å². The molecular weight excluding hydrogens is 357 g/mol. The molecule has 1 aliphatic rings. The maximum absolute atomic E-state index is 12.9. The SMILES string of the molecule is O=C(c1cccc(C(F)(F)F)c1)N1CCC[C@@H](c2nnc3ccccn23)C1. The Kier molecular flexibility index (Phi) is 4.33. The average molecular weight is 374 g/mol. The van der Waals surface area contributed by atoms with Crippen LogP contribution in [0.4, 0.5) is 13.2 Å². The van der Waals surface area contributed by atoms with E-state index in [4.69, 9.17) is 0 Å². The molecule has 4 rings (SSSR count). The van der Waals surface area contributed by atoms with Crippen molar-refractivity contribution >= 4 is 11.6 Å².